The fourth-order valence-electron chi connectivity index (χ4n) is 3.49. The molecule has 1 unspecified atom stereocenters. The summed E-state index contributed by atoms with van der Waals surface area (Å²) >= 11 is 0. The second-order valence-electron chi connectivity index (χ2n) is 7.85. The van der Waals surface area contributed by atoms with Crippen molar-refractivity contribution in [1.82, 2.24) is 10.1 Å². The lowest BCUT2D eigenvalue weighted by atomic mass is 9.81. The maximum absolute atomic E-state index is 11.2. The molecule has 4 heteroatoms. The zero-order valence-corrected chi connectivity index (χ0v) is 16.9. The summed E-state index contributed by atoms with van der Waals surface area (Å²) in [6, 6.07) is 0. The van der Waals surface area contributed by atoms with Gasteiger partial charge in [0.1, 0.15) is 0 Å². The Kier molecular flexibility index (Phi) is 11.6. The van der Waals surface area contributed by atoms with E-state index in [0.29, 0.717) is 5.82 Å². The molecule has 1 aromatic heterocycles. The van der Waals surface area contributed by atoms with Gasteiger partial charge in [0.15, 0.2) is 5.82 Å². The molecule has 0 aromatic carbocycles. The van der Waals surface area contributed by atoms with Crippen molar-refractivity contribution < 1.29 is 4.52 Å². The van der Waals surface area contributed by atoms with Gasteiger partial charge >= 0.3 is 5.76 Å². The molecule has 0 amide bonds. The van der Waals surface area contributed by atoms with Crippen molar-refractivity contribution in [3.05, 3.63) is 16.4 Å². The zero-order chi connectivity index (χ0) is 18.4. The van der Waals surface area contributed by atoms with Crippen LogP contribution < -0.4 is 5.76 Å². The van der Waals surface area contributed by atoms with Crippen molar-refractivity contribution in [2.45, 2.75) is 122 Å². The van der Waals surface area contributed by atoms with Crippen LogP contribution in [0.2, 0.25) is 0 Å². The van der Waals surface area contributed by atoms with E-state index in [2.05, 4.69) is 35.4 Å². The smallest absolute Gasteiger partial charge is 0.296 e. The van der Waals surface area contributed by atoms with Gasteiger partial charge in [0.25, 0.3) is 0 Å². The Balaban J connectivity index is 1.98. The van der Waals surface area contributed by atoms with E-state index >= 15 is 0 Å². The molecule has 0 aliphatic heterocycles. The van der Waals surface area contributed by atoms with Gasteiger partial charge in [-0.05, 0) is 12.8 Å². The molecule has 0 spiro atoms. The highest BCUT2D eigenvalue weighted by Crippen LogP contribution is 2.30. The Morgan fingerprint density at radius 3 is 1.72 bits per heavy atom. The Hall–Kier alpha value is -1.06. The minimum Gasteiger partial charge on any atom is -0.296 e. The standard InChI is InChI=1S/C21H40N2O2/c1-4-6-7-8-9-10-11-12-13-14-15-16-17-18-21(3,5-2)19-22-20(24)25-23-19/h4-18H2,1-3H3,(H,22,23,24). The van der Waals surface area contributed by atoms with Gasteiger partial charge in [-0.3, -0.25) is 9.51 Å². The molecule has 4 nitrogen and oxygen atoms in total. The zero-order valence-electron chi connectivity index (χ0n) is 16.9. The predicted octanol–water partition coefficient (Wildman–Crippen LogP) is 6.51. The second kappa shape index (κ2) is 13.2. The third-order valence-electron chi connectivity index (χ3n) is 5.62. The molecule has 0 aliphatic rings. The normalized spacial score (nSPS) is 13.9. The van der Waals surface area contributed by atoms with Crippen molar-refractivity contribution in [3.63, 3.8) is 0 Å². The third-order valence-corrected chi connectivity index (χ3v) is 5.62. The maximum atomic E-state index is 11.2. The van der Waals surface area contributed by atoms with Crippen LogP contribution in [0.1, 0.15) is 123 Å². The largest absolute Gasteiger partial charge is 0.438 e. The van der Waals surface area contributed by atoms with Crippen LogP contribution in [-0.2, 0) is 5.41 Å². The van der Waals surface area contributed by atoms with Gasteiger partial charge in [0.2, 0.25) is 0 Å². The quantitative estimate of drug-likeness (QED) is 0.345. The summed E-state index contributed by atoms with van der Waals surface area (Å²) in [5, 5.41) is 3.90. The first-order valence-electron chi connectivity index (χ1n) is 10.7. The number of nitrogens with one attached hydrogen (secondary N) is 1. The summed E-state index contributed by atoms with van der Waals surface area (Å²) in [5.41, 5.74) is -0.0655. The summed E-state index contributed by atoms with van der Waals surface area (Å²) < 4.78 is 4.67. The van der Waals surface area contributed by atoms with Gasteiger partial charge in [-0.15, -0.1) is 0 Å². The molecule has 25 heavy (non-hydrogen) atoms. The van der Waals surface area contributed by atoms with E-state index in [9.17, 15) is 4.79 Å². The second-order valence-corrected chi connectivity index (χ2v) is 7.85. The van der Waals surface area contributed by atoms with E-state index in [-0.39, 0.29) is 5.41 Å². The van der Waals surface area contributed by atoms with E-state index in [1.807, 2.05) is 0 Å². The highest BCUT2D eigenvalue weighted by Gasteiger charge is 2.28. The minimum absolute atomic E-state index is 0.0655. The lowest BCUT2D eigenvalue weighted by molar-refractivity contribution is 0.333. The average molecular weight is 353 g/mol. The molecule has 146 valence electrons. The van der Waals surface area contributed by atoms with E-state index in [4.69, 9.17) is 0 Å². The molecule has 0 bridgehead atoms. The van der Waals surface area contributed by atoms with E-state index in [1.54, 1.807) is 0 Å². The Morgan fingerprint density at radius 1 is 0.840 bits per heavy atom. The van der Waals surface area contributed by atoms with Gasteiger partial charge in [-0.2, -0.15) is 0 Å². The van der Waals surface area contributed by atoms with Gasteiger partial charge in [0, 0.05) is 5.41 Å². The van der Waals surface area contributed by atoms with E-state index < -0.39 is 5.76 Å². The highest BCUT2D eigenvalue weighted by molar-refractivity contribution is 5.02. The number of aromatic amines is 1. The fourth-order valence-corrected chi connectivity index (χ4v) is 3.49. The monoisotopic (exact) mass is 352 g/mol. The van der Waals surface area contributed by atoms with Crippen molar-refractivity contribution in [2.24, 2.45) is 0 Å². The Labute approximate surface area is 154 Å². The van der Waals surface area contributed by atoms with Gasteiger partial charge in [-0.25, -0.2) is 4.79 Å². The summed E-state index contributed by atoms with van der Waals surface area (Å²) in [6.07, 6.45) is 19.8. The van der Waals surface area contributed by atoms with Crippen LogP contribution in [0.4, 0.5) is 0 Å². The van der Waals surface area contributed by atoms with Crippen LogP contribution in [0, 0.1) is 0 Å². The molecule has 1 N–H and O–H groups in total. The number of hydrogen-bond acceptors (Lipinski definition) is 3. The molecule has 1 aromatic rings. The summed E-state index contributed by atoms with van der Waals surface area (Å²) in [5.74, 6) is 0.263. The highest BCUT2D eigenvalue weighted by atomic mass is 16.5. The first-order valence-corrected chi connectivity index (χ1v) is 10.7. The number of hydrogen-bond donors (Lipinski definition) is 1. The van der Waals surface area contributed by atoms with Crippen molar-refractivity contribution in [3.8, 4) is 0 Å². The van der Waals surface area contributed by atoms with Crippen LogP contribution in [0.15, 0.2) is 9.32 Å². The predicted molar refractivity (Wildman–Crippen MR) is 105 cm³/mol. The molecule has 0 radical (unpaired) electrons. The molecule has 1 atom stereocenters. The van der Waals surface area contributed by atoms with Gasteiger partial charge < -0.3 is 0 Å². The number of unbranched alkanes of at least 4 members (excludes halogenated alkanes) is 12. The Bertz CT molecular complexity index is 480. The average Bonchev–Trinajstić information content (AvgIpc) is 3.06. The lowest BCUT2D eigenvalue weighted by Crippen LogP contribution is -2.23. The molecular weight excluding hydrogens is 312 g/mol. The van der Waals surface area contributed by atoms with E-state index in [1.165, 1.54) is 83.5 Å². The van der Waals surface area contributed by atoms with Crippen LogP contribution in [0.3, 0.4) is 0 Å². The minimum atomic E-state index is -0.444. The molecular formula is C21H40N2O2. The van der Waals surface area contributed by atoms with Crippen LogP contribution in [0.25, 0.3) is 0 Å². The number of aromatic nitrogens is 2. The van der Waals surface area contributed by atoms with E-state index in [0.717, 1.165) is 12.8 Å². The topological polar surface area (TPSA) is 58.9 Å². The third kappa shape index (κ3) is 9.27. The molecule has 0 saturated carbocycles. The number of H-pyrrole nitrogens is 1. The molecule has 0 fully saturated rings. The van der Waals surface area contributed by atoms with Crippen LogP contribution in [-0.4, -0.2) is 10.1 Å². The number of rotatable bonds is 16. The number of nitrogens with zero attached hydrogens (tertiary/aromatic N) is 1. The Morgan fingerprint density at radius 2 is 1.32 bits per heavy atom. The summed E-state index contributed by atoms with van der Waals surface area (Å²) in [7, 11) is 0. The van der Waals surface area contributed by atoms with Crippen LogP contribution in [0.5, 0.6) is 0 Å². The first kappa shape index (κ1) is 22.0. The lowest BCUT2D eigenvalue weighted by Gasteiger charge is -2.24. The fraction of sp³-hybridized carbons (Fsp3) is 0.905. The van der Waals surface area contributed by atoms with Crippen molar-refractivity contribution in [1.29, 1.82) is 0 Å². The summed E-state index contributed by atoms with van der Waals surface area (Å²) in [6.45, 7) is 6.59. The molecule has 1 heterocycles. The summed E-state index contributed by atoms with van der Waals surface area (Å²) in [4.78, 5) is 13.9. The van der Waals surface area contributed by atoms with Crippen molar-refractivity contribution in [2.75, 3.05) is 0 Å². The SMILES string of the molecule is CCCCCCCCCCCCCCCC(C)(CC)c1noc(=O)[nH]1. The van der Waals surface area contributed by atoms with Crippen LogP contribution >= 0.6 is 0 Å². The molecule has 0 aliphatic carbocycles. The molecule has 0 saturated heterocycles. The molecule has 1 rings (SSSR count). The first-order chi connectivity index (χ1) is 12.1. The van der Waals surface area contributed by atoms with Gasteiger partial charge in [-0.1, -0.05) is 109 Å². The van der Waals surface area contributed by atoms with Gasteiger partial charge in [0.05, 0.1) is 0 Å². The maximum Gasteiger partial charge on any atom is 0.438 e. The van der Waals surface area contributed by atoms with Crippen molar-refractivity contribution >= 4 is 0 Å².